The highest BCUT2D eigenvalue weighted by Gasteiger charge is 2.28. The van der Waals surface area contributed by atoms with Crippen LogP contribution in [-0.2, 0) is 19.2 Å². The molecule has 1 radical (unpaired) electrons. The lowest BCUT2D eigenvalue weighted by Crippen LogP contribution is -2.36. The molecule has 1 rings (SSSR count). The van der Waals surface area contributed by atoms with E-state index in [4.69, 9.17) is 0 Å². The Morgan fingerprint density at radius 2 is 1.08 bits per heavy atom. The predicted molar refractivity (Wildman–Crippen MR) is 208 cm³/mol. The second kappa shape index (κ2) is 34.9. The van der Waals surface area contributed by atoms with Gasteiger partial charge in [0.1, 0.15) is 13.2 Å². The molecule has 53 heavy (non-hydrogen) atoms. The summed E-state index contributed by atoms with van der Waals surface area (Å²) in [4.78, 5) is 43.3. The van der Waals surface area contributed by atoms with E-state index < -0.39 is 38.3 Å². The van der Waals surface area contributed by atoms with E-state index in [1.54, 1.807) is 27.9 Å². The van der Waals surface area contributed by atoms with E-state index in [0.29, 0.717) is 18.8 Å². The molecule has 309 valence electrons. The monoisotopic (exact) mass is 787 g/mol. The number of nitrogens with one attached hydrogen (secondary N) is 4. The third-order valence-electron chi connectivity index (χ3n) is 8.01. The Kier molecular flexibility index (Phi) is 37.5. The molecule has 1 aromatic rings. The molecule has 0 heterocycles. The highest BCUT2D eigenvalue weighted by Crippen LogP contribution is 2.18. The molecule has 0 bridgehead atoms. The second-order valence-electron chi connectivity index (χ2n) is 12.6. The molecule has 0 aromatic heterocycles. The van der Waals surface area contributed by atoms with Crippen molar-refractivity contribution in [3.05, 3.63) is 35.4 Å². The number of rotatable bonds is 16. The van der Waals surface area contributed by atoms with Crippen LogP contribution >= 0.6 is 9.12 Å². The van der Waals surface area contributed by atoms with Gasteiger partial charge >= 0.3 is 6.18 Å². The average molecular weight is 788 g/mol. The van der Waals surface area contributed by atoms with Crippen LogP contribution in [-0.4, -0.2) is 69.7 Å². The second-order valence-corrected chi connectivity index (χ2v) is 12.9. The van der Waals surface area contributed by atoms with Crippen molar-refractivity contribution in [2.24, 2.45) is 23.7 Å². The van der Waals surface area contributed by atoms with Gasteiger partial charge in [0.05, 0.1) is 6.54 Å². The molecular weight excluding hydrogens is 720 g/mol. The smallest absolute Gasteiger partial charge is 0.399 e. The minimum atomic E-state index is -4.32. The summed E-state index contributed by atoms with van der Waals surface area (Å²) in [7, 11) is 3.91. The van der Waals surface area contributed by atoms with Crippen molar-refractivity contribution in [3.63, 3.8) is 0 Å². The van der Waals surface area contributed by atoms with Gasteiger partial charge in [-0.3, -0.25) is 19.2 Å². The molecule has 0 fully saturated rings. The van der Waals surface area contributed by atoms with Gasteiger partial charge in [-0.05, 0) is 50.5 Å². The van der Waals surface area contributed by atoms with E-state index >= 15 is 0 Å². The summed E-state index contributed by atoms with van der Waals surface area (Å²) < 4.78 is 69.3. The predicted octanol–water partition coefficient (Wildman–Crippen LogP) is 8.31. The number of hydrogen-bond acceptors (Lipinski definition) is 4. The van der Waals surface area contributed by atoms with Crippen molar-refractivity contribution >= 4 is 39.9 Å². The molecule has 6 unspecified atom stereocenters. The molecular formula is C37H67BF6N4O4P. The molecule has 4 N–H and O–H groups in total. The van der Waals surface area contributed by atoms with E-state index in [1.165, 1.54) is 17.5 Å². The van der Waals surface area contributed by atoms with Gasteiger partial charge in [0.2, 0.25) is 23.6 Å². The maximum Gasteiger partial charge on any atom is 0.405 e. The topological polar surface area (TPSA) is 116 Å². The Hall–Kier alpha value is -2.83. The van der Waals surface area contributed by atoms with Gasteiger partial charge in [-0.25, -0.2) is 13.2 Å². The first-order chi connectivity index (χ1) is 24.6. The lowest BCUT2D eigenvalue weighted by molar-refractivity contribution is -0.140. The van der Waals surface area contributed by atoms with Crippen molar-refractivity contribution in [1.82, 2.24) is 21.2 Å². The fraction of sp³-hybridized carbons (Fsp3) is 0.730. The Balaban J connectivity index is -0.000000284. The van der Waals surface area contributed by atoms with Crippen molar-refractivity contribution in [3.8, 4) is 0 Å². The zero-order valence-electron chi connectivity index (χ0n) is 33.7. The Bertz CT molecular complexity index is 1090. The maximum absolute atomic E-state index is 11.6. The summed E-state index contributed by atoms with van der Waals surface area (Å²) in [5, 5.41) is 9.02. The summed E-state index contributed by atoms with van der Waals surface area (Å²) in [6, 6.07) is 8.82. The SMILES string of the molecule is CCC(C)C(=O)NCC(F)(F)F.CCC(C)C(=O)NCC(F)F.CCC(C)C(=O)NCCF.CCC(C)C(=O)N[B]P.CCC(C)c1ccc(C)cc1. The number of carbonyl (C=O) groups excluding carboxylic acids is 4. The quantitative estimate of drug-likeness (QED) is 0.0767. The van der Waals surface area contributed by atoms with Gasteiger partial charge in [0.15, 0.2) is 0 Å². The van der Waals surface area contributed by atoms with Crippen molar-refractivity contribution in [2.45, 2.75) is 127 Å². The third kappa shape index (κ3) is 35.9. The zero-order valence-corrected chi connectivity index (χ0v) is 34.8. The highest BCUT2D eigenvalue weighted by atomic mass is 31.0. The van der Waals surface area contributed by atoms with Crippen molar-refractivity contribution in [1.29, 1.82) is 0 Å². The lowest BCUT2D eigenvalue weighted by Gasteiger charge is -2.11. The first-order valence-corrected chi connectivity index (χ1v) is 18.9. The minimum absolute atomic E-state index is 0.00606. The standard InChI is InChI=1S/C11H16.C7H12F3NO.C7H13F2NO.C7H14FNO.C5H12BNOP/c1-4-10(3)11-7-5-9(2)6-8-11;1-3-5(2)6(12)11-4-7(8,9)10;1-3-5(2)7(11)10-4-6(8)9;1-3-6(2)7(10)9-5-4-8;1-3-4(2)5(8)7-6-9/h5-8,10H,4H2,1-3H3;5H,3-4H2,1-2H3,(H,11,12);5-6H,3-4H2,1-2H3,(H,10,11);6H,3-5H2,1-2H3,(H,9,10);4H,3,9H2,1-2H3,(H,7,8). The lowest BCUT2D eigenvalue weighted by atomic mass is 9.98. The summed E-state index contributed by atoms with van der Waals surface area (Å²) in [5.41, 5.74) is 2.80. The van der Waals surface area contributed by atoms with Gasteiger partial charge in [0.25, 0.3) is 13.6 Å². The van der Waals surface area contributed by atoms with E-state index in [9.17, 15) is 45.5 Å². The fourth-order valence-corrected chi connectivity index (χ4v) is 3.32. The first kappa shape index (κ1) is 56.9. The van der Waals surface area contributed by atoms with E-state index in [-0.39, 0.29) is 47.9 Å². The summed E-state index contributed by atoms with van der Waals surface area (Å²) >= 11 is 0. The van der Waals surface area contributed by atoms with E-state index in [2.05, 4.69) is 70.0 Å². The molecule has 1 aromatic carbocycles. The number of halogens is 6. The van der Waals surface area contributed by atoms with Crippen molar-refractivity contribution < 1.29 is 45.5 Å². The van der Waals surface area contributed by atoms with Crippen LogP contribution in [0.15, 0.2) is 24.3 Å². The van der Waals surface area contributed by atoms with Gasteiger partial charge in [0, 0.05) is 30.2 Å². The number of carbonyl (C=O) groups is 4. The van der Waals surface area contributed by atoms with Crippen LogP contribution in [0.2, 0.25) is 0 Å². The molecule has 0 saturated carbocycles. The molecule has 0 aliphatic rings. The van der Waals surface area contributed by atoms with Gasteiger partial charge in [-0.15, -0.1) is 0 Å². The van der Waals surface area contributed by atoms with Crippen LogP contribution in [0.3, 0.4) is 0 Å². The number of amides is 4. The molecule has 16 heteroatoms. The number of aryl methyl sites for hydroxylation is 1. The van der Waals surface area contributed by atoms with Gasteiger partial charge in [-0.1, -0.05) is 99.1 Å². The summed E-state index contributed by atoms with van der Waals surface area (Å²) in [6.45, 7) is 19.0. The molecule has 8 nitrogen and oxygen atoms in total. The molecule has 6 atom stereocenters. The Morgan fingerprint density at radius 1 is 0.679 bits per heavy atom. The zero-order chi connectivity index (χ0) is 42.2. The molecule has 0 saturated heterocycles. The number of benzene rings is 1. The van der Waals surface area contributed by atoms with Gasteiger partial charge in [-0.2, -0.15) is 22.3 Å². The molecule has 4 amide bonds. The average Bonchev–Trinajstić information content (AvgIpc) is 3.14. The highest BCUT2D eigenvalue weighted by molar-refractivity contribution is 7.55. The van der Waals surface area contributed by atoms with Crippen LogP contribution in [0, 0.1) is 30.6 Å². The maximum atomic E-state index is 11.6. The van der Waals surface area contributed by atoms with Gasteiger partial charge < -0.3 is 21.2 Å². The molecule has 0 spiro atoms. The van der Waals surface area contributed by atoms with Crippen LogP contribution in [0.1, 0.15) is 118 Å². The fourth-order valence-electron chi connectivity index (χ4n) is 3.15. The largest absolute Gasteiger partial charge is 0.405 e. The normalized spacial score (nSPS) is 13.1. The van der Waals surface area contributed by atoms with Crippen molar-refractivity contribution in [2.75, 3.05) is 26.3 Å². The number of alkyl halides is 6. The first-order valence-electron chi connectivity index (χ1n) is 18.3. The van der Waals surface area contributed by atoms with E-state index in [1.807, 2.05) is 39.9 Å². The Labute approximate surface area is 318 Å². The Morgan fingerprint density at radius 3 is 1.42 bits per heavy atom. The molecule has 0 aliphatic heterocycles. The van der Waals surface area contributed by atoms with Crippen LogP contribution in [0.4, 0.5) is 26.3 Å². The van der Waals surface area contributed by atoms with E-state index in [0.717, 1.165) is 12.8 Å². The van der Waals surface area contributed by atoms with Crippen LogP contribution in [0.5, 0.6) is 0 Å². The molecule has 0 aliphatic carbocycles. The minimum Gasteiger partial charge on any atom is -0.399 e. The summed E-state index contributed by atoms with van der Waals surface area (Å²) in [5.74, 6) is -0.500. The number of hydrogen-bond donors (Lipinski definition) is 4. The van der Waals surface area contributed by atoms with Crippen LogP contribution < -0.4 is 21.2 Å². The summed E-state index contributed by atoms with van der Waals surface area (Å²) in [6.07, 6.45) is -2.63. The third-order valence-corrected chi connectivity index (χ3v) is 8.18. The van der Waals surface area contributed by atoms with Crippen LogP contribution in [0.25, 0.3) is 0 Å².